The second kappa shape index (κ2) is 9.73. The van der Waals surface area contributed by atoms with Gasteiger partial charge in [-0.15, -0.1) is 0 Å². The minimum Gasteiger partial charge on any atom is -0.444 e. The molecule has 3 amide bonds. The smallest absolute Gasteiger partial charge is 0.408 e. The number of para-hydroxylation sites is 1. The normalized spacial score (nSPS) is 10.8. The van der Waals surface area contributed by atoms with E-state index in [0.717, 1.165) is 11.1 Å². The summed E-state index contributed by atoms with van der Waals surface area (Å²) in [7, 11) is 0. The van der Waals surface area contributed by atoms with Crippen LogP contribution < -0.4 is 16.0 Å². The van der Waals surface area contributed by atoms with E-state index < -0.39 is 11.7 Å². The van der Waals surface area contributed by atoms with Gasteiger partial charge in [0, 0.05) is 17.8 Å². The lowest BCUT2D eigenvalue weighted by atomic mass is 10.1. The molecule has 7 heteroatoms. The first-order valence-electron chi connectivity index (χ1n) is 9.33. The maximum Gasteiger partial charge on any atom is 0.408 e. The Balaban J connectivity index is 1.90. The zero-order valence-electron chi connectivity index (χ0n) is 17.2. The van der Waals surface area contributed by atoms with Crippen LogP contribution in [0.15, 0.2) is 48.5 Å². The summed E-state index contributed by atoms with van der Waals surface area (Å²) < 4.78 is 5.09. The molecule has 7 nitrogen and oxygen atoms in total. The van der Waals surface area contributed by atoms with E-state index in [2.05, 4.69) is 16.0 Å². The number of carbonyl (C=O) groups is 3. The molecule has 3 N–H and O–H groups in total. The second-order valence-corrected chi connectivity index (χ2v) is 7.61. The third-order valence-corrected chi connectivity index (χ3v) is 3.85. The van der Waals surface area contributed by atoms with Gasteiger partial charge in [-0.3, -0.25) is 9.59 Å². The summed E-state index contributed by atoms with van der Waals surface area (Å²) in [5.41, 5.74) is 2.35. The summed E-state index contributed by atoms with van der Waals surface area (Å²) >= 11 is 0. The Morgan fingerprint density at radius 3 is 2.24 bits per heavy atom. The zero-order valence-corrected chi connectivity index (χ0v) is 17.2. The fourth-order valence-corrected chi connectivity index (χ4v) is 2.42. The van der Waals surface area contributed by atoms with Gasteiger partial charge < -0.3 is 20.7 Å². The molecule has 0 unspecified atom stereocenters. The highest BCUT2D eigenvalue weighted by atomic mass is 16.6. The lowest BCUT2D eigenvalue weighted by Crippen LogP contribution is -2.39. The van der Waals surface area contributed by atoms with Crippen LogP contribution in [0.2, 0.25) is 0 Å². The van der Waals surface area contributed by atoms with Crippen LogP contribution in [-0.4, -0.2) is 30.1 Å². The van der Waals surface area contributed by atoms with Gasteiger partial charge in [-0.2, -0.15) is 0 Å². The number of benzene rings is 2. The molecule has 0 saturated carbocycles. The Hall–Kier alpha value is -3.35. The van der Waals surface area contributed by atoms with E-state index in [1.807, 2.05) is 31.2 Å². The summed E-state index contributed by atoms with van der Waals surface area (Å²) in [6.07, 6.45) is -0.654. The third kappa shape index (κ3) is 7.65. The number of alkyl carbamates (subject to hydrolysis) is 1. The average molecular weight is 397 g/mol. The topological polar surface area (TPSA) is 96.5 Å². The van der Waals surface area contributed by atoms with E-state index in [1.165, 1.54) is 0 Å². The number of anilines is 1. The van der Waals surface area contributed by atoms with Gasteiger partial charge in [-0.1, -0.05) is 35.9 Å². The van der Waals surface area contributed by atoms with Gasteiger partial charge in [0.1, 0.15) is 12.1 Å². The largest absolute Gasteiger partial charge is 0.444 e. The Kier molecular flexibility index (Phi) is 7.36. The van der Waals surface area contributed by atoms with Gasteiger partial charge in [0.25, 0.3) is 5.91 Å². The number of hydrogen-bond acceptors (Lipinski definition) is 4. The number of hydrogen-bond donors (Lipinski definition) is 3. The predicted molar refractivity (Wildman–Crippen MR) is 112 cm³/mol. The van der Waals surface area contributed by atoms with E-state index in [4.69, 9.17) is 4.74 Å². The zero-order chi connectivity index (χ0) is 21.4. The maximum absolute atomic E-state index is 12.4. The Morgan fingerprint density at radius 2 is 1.59 bits per heavy atom. The Bertz CT molecular complexity index is 870. The molecule has 0 spiro atoms. The fraction of sp³-hybridized carbons (Fsp3) is 0.318. The molecule has 29 heavy (non-hydrogen) atoms. The number of nitrogens with one attached hydrogen (secondary N) is 3. The number of ether oxygens (including phenoxy) is 1. The molecule has 154 valence electrons. The molecule has 0 aromatic heterocycles. The Morgan fingerprint density at radius 1 is 0.931 bits per heavy atom. The quantitative estimate of drug-likeness (QED) is 0.696. The van der Waals surface area contributed by atoms with Crippen molar-refractivity contribution in [3.63, 3.8) is 0 Å². The van der Waals surface area contributed by atoms with Crippen molar-refractivity contribution in [2.45, 2.75) is 39.8 Å². The highest BCUT2D eigenvalue weighted by Gasteiger charge is 2.16. The molecule has 2 rings (SSSR count). The molecule has 0 saturated heterocycles. The van der Waals surface area contributed by atoms with Crippen molar-refractivity contribution in [2.24, 2.45) is 0 Å². The third-order valence-electron chi connectivity index (χ3n) is 3.85. The van der Waals surface area contributed by atoms with Gasteiger partial charge in [-0.05, 0) is 51.5 Å². The first-order chi connectivity index (χ1) is 13.6. The molecule has 2 aromatic carbocycles. The van der Waals surface area contributed by atoms with E-state index >= 15 is 0 Å². The molecule has 0 radical (unpaired) electrons. The summed E-state index contributed by atoms with van der Waals surface area (Å²) in [6, 6.07) is 14.5. The fourth-order valence-electron chi connectivity index (χ4n) is 2.42. The summed E-state index contributed by atoms with van der Waals surface area (Å²) in [6.45, 7) is 7.20. The van der Waals surface area contributed by atoms with Crippen LogP contribution in [0.3, 0.4) is 0 Å². The van der Waals surface area contributed by atoms with Gasteiger partial charge in [0.05, 0.1) is 0 Å². The van der Waals surface area contributed by atoms with Gasteiger partial charge in [0.15, 0.2) is 0 Å². The van der Waals surface area contributed by atoms with Gasteiger partial charge in [0.2, 0.25) is 5.91 Å². The molecule has 0 atom stereocenters. The average Bonchev–Trinajstić information content (AvgIpc) is 2.65. The lowest BCUT2D eigenvalue weighted by Gasteiger charge is -2.19. The van der Waals surface area contributed by atoms with Crippen LogP contribution in [-0.2, 0) is 16.1 Å². The molecule has 2 aromatic rings. The number of carbonyl (C=O) groups excluding carboxylic acids is 3. The summed E-state index contributed by atoms with van der Waals surface area (Å²) in [5, 5.41) is 7.99. The minimum atomic E-state index is -0.654. The molecule has 0 fully saturated rings. The van der Waals surface area contributed by atoms with Crippen molar-refractivity contribution < 1.29 is 19.1 Å². The maximum atomic E-state index is 12.4. The van der Waals surface area contributed by atoms with Gasteiger partial charge >= 0.3 is 6.09 Å². The Labute approximate surface area is 170 Å². The minimum absolute atomic E-state index is 0.202. The molecular weight excluding hydrogens is 370 g/mol. The van der Waals surface area contributed by atoms with Crippen LogP contribution in [0.25, 0.3) is 0 Å². The van der Waals surface area contributed by atoms with Crippen molar-refractivity contribution in [3.05, 3.63) is 65.2 Å². The molecule has 0 aliphatic heterocycles. The first kappa shape index (κ1) is 21.9. The van der Waals surface area contributed by atoms with E-state index in [1.54, 1.807) is 45.0 Å². The molecule has 0 heterocycles. The summed E-state index contributed by atoms with van der Waals surface area (Å²) in [5.74, 6) is -0.592. The van der Waals surface area contributed by atoms with Crippen molar-refractivity contribution in [2.75, 3.05) is 11.9 Å². The van der Waals surface area contributed by atoms with E-state index in [-0.39, 0.29) is 24.9 Å². The van der Waals surface area contributed by atoms with Crippen molar-refractivity contribution in [1.29, 1.82) is 0 Å². The number of aryl methyl sites for hydroxylation is 1. The second-order valence-electron chi connectivity index (χ2n) is 7.61. The van der Waals surface area contributed by atoms with E-state index in [9.17, 15) is 14.4 Å². The standard InChI is InChI=1S/C22H27N3O4/c1-15-9-11-16(12-10-15)20(27)25-18-8-6-5-7-17(18)13-23-19(26)14-24-21(28)29-22(2,3)4/h5-12H,13-14H2,1-4H3,(H,23,26)(H,24,28)(H,25,27). The van der Waals surface area contributed by atoms with Gasteiger partial charge in [-0.25, -0.2) is 4.79 Å². The van der Waals surface area contributed by atoms with Crippen molar-refractivity contribution >= 4 is 23.6 Å². The first-order valence-corrected chi connectivity index (χ1v) is 9.33. The van der Waals surface area contributed by atoms with Crippen LogP contribution in [0, 0.1) is 6.92 Å². The number of amides is 3. The van der Waals surface area contributed by atoms with Crippen molar-refractivity contribution in [3.8, 4) is 0 Å². The molecule has 0 aliphatic rings. The molecular formula is C22H27N3O4. The van der Waals surface area contributed by atoms with Crippen molar-refractivity contribution in [1.82, 2.24) is 10.6 Å². The lowest BCUT2D eigenvalue weighted by molar-refractivity contribution is -0.120. The molecule has 0 bridgehead atoms. The van der Waals surface area contributed by atoms with Crippen LogP contribution >= 0.6 is 0 Å². The molecule has 0 aliphatic carbocycles. The van der Waals surface area contributed by atoms with Crippen LogP contribution in [0.5, 0.6) is 0 Å². The van der Waals surface area contributed by atoms with Crippen LogP contribution in [0.1, 0.15) is 42.3 Å². The highest BCUT2D eigenvalue weighted by Crippen LogP contribution is 2.16. The monoisotopic (exact) mass is 397 g/mol. The SMILES string of the molecule is Cc1ccc(C(=O)Nc2ccccc2CNC(=O)CNC(=O)OC(C)(C)C)cc1. The highest BCUT2D eigenvalue weighted by molar-refractivity contribution is 6.04. The van der Waals surface area contributed by atoms with Crippen LogP contribution in [0.4, 0.5) is 10.5 Å². The predicted octanol–water partition coefficient (Wildman–Crippen LogP) is 3.39. The number of rotatable bonds is 6. The van der Waals surface area contributed by atoms with E-state index in [0.29, 0.717) is 11.3 Å². The summed E-state index contributed by atoms with van der Waals surface area (Å²) in [4.78, 5) is 36.1.